The molecule has 2 N–H and O–H groups in total. The van der Waals surface area contributed by atoms with Gasteiger partial charge in [0.1, 0.15) is 11.6 Å². The van der Waals surface area contributed by atoms with E-state index in [2.05, 4.69) is 10.6 Å². The molecular formula is C26H48N2O4. The molecule has 0 aromatic carbocycles. The highest BCUT2D eigenvalue weighted by molar-refractivity contribution is 5.83. The summed E-state index contributed by atoms with van der Waals surface area (Å²) in [7, 11) is 0. The number of amides is 2. The van der Waals surface area contributed by atoms with E-state index in [1.807, 2.05) is 34.6 Å². The highest BCUT2D eigenvalue weighted by Crippen LogP contribution is 2.18. The first kappa shape index (κ1) is 30.3. The lowest BCUT2D eigenvalue weighted by Gasteiger charge is -2.16. The zero-order valence-corrected chi connectivity index (χ0v) is 21.3. The first-order valence-electron chi connectivity index (χ1n) is 12.6. The maximum atomic E-state index is 11.8. The average Bonchev–Trinajstić information content (AvgIpc) is 2.71. The third kappa shape index (κ3) is 17.9. The lowest BCUT2D eigenvalue weighted by atomic mass is 9.88. The third-order valence-electron chi connectivity index (χ3n) is 5.61. The normalized spacial score (nSPS) is 11.4. The molecule has 0 saturated heterocycles. The fourth-order valence-electron chi connectivity index (χ4n) is 3.23. The summed E-state index contributed by atoms with van der Waals surface area (Å²) in [6.45, 7) is 11.0. The van der Waals surface area contributed by atoms with Crippen molar-refractivity contribution in [3.05, 3.63) is 0 Å². The number of hydrogen-bond acceptors (Lipinski definition) is 4. The van der Waals surface area contributed by atoms with Crippen molar-refractivity contribution in [3.8, 4) is 0 Å². The third-order valence-corrected chi connectivity index (χ3v) is 5.61. The maximum absolute atomic E-state index is 11.8. The quantitative estimate of drug-likeness (QED) is 0.266. The number of hydrogen-bond donors (Lipinski definition) is 2. The number of unbranched alkanes of at least 4 members (excludes halogenated alkanes) is 6. The Morgan fingerprint density at radius 1 is 0.594 bits per heavy atom. The molecule has 0 radical (unpaired) electrons. The summed E-state index contributed by atoms with van der Waals surface area (Å²) in [4.78, 5) is 47.0. The van der Waals surface area contributed by atoms with Crippen LogP contribution in [0.4, 0.5) is 0 Å². The van der Waals surface area contributed by atoms with Gasteiger partial charge in [-0.25, -0.2) is 0 Å². The molecule has 0 rings (SSSR count). The van der Waals surface area contributed by atoms with Crippen LogP contribution >= 0.6 is 0 Å². The van der Waals surface area contributed by atoms with E-state index in [0.717, 1.165) is 57.8 Å². The smallest absolute Gasteiger partial charge is 0.219 e. The topological polar surface area (TPSA) is 92.3 Å². The first-order valence-corrected chi connectivity index (χ1v) is 12.6. The van der Waals surface area contributed by atoms with E-state index in [-0.39, 0.29) is 34.7 Å². The highest BCUT2D eigenvalue weighted by atomic mass is 16.2. The molecule has 32 heavy (non-hydrogen) atoms. The van der Waals surface area contributed by atoms with Crippen molar-refractivity contribution < 1.29 is 19.2 Å². The summed E-state index contributed by atoms with van der Waals surface area (Å²) >= 11 is 0. The summed E-state index contributed by atoms with van der Waals surface area (Å²) in [6, 6.07) is 0. The van der Waals surface area contributed by atoms with Crippen molar-refractivity contribution in [1.29, 1.82) is 0 Å². The largest absolute Gasteiger partial charge is 0.356 e. The maximum Gasteiger partial charge on any atom is 0.219 e. The molecule has 0 spiro atoms. The minimum absolute atomic E-state index is 0.0736. The van der Waals surface area contributed by atoms with E-state index in [1.54, 1.807) is 0 Å². The van der Waals surface area contributed by atoms with Crippen LogP contribution in [0.3, 0.4) is 0 Å². The van der Waals surface area contributed by atoms with Gasteiger partial charge in [-0.1, -0.05) is 53.9 Å². The Kier molecular flexibility index (Phi) is 16.8. The fraction of sp³-hybridized carbons (Fsp3) is 0.846. The molecule has 6 nitrogen and oxygen atoms in total. The van der Waals surface area contributed by atoms with Gasteiger partial charge in [0.15, 0.2) is 0 Å². The lowest BCUT2D eigenvalue weighted by molar-refractivity contribution is -0.127. The number of ketones is 2. The van der Waals surface area contributed by atoms with Crippen LogP contribution < -0.4 is 10.6 Å². The van der Waals surface area contributed by atoms with Crippen molar-refractivity contribution in [1.82, 2.24) is 10.6 Å². The zero-order valence-electron chi connectivity index (χ0n) is 21.3. The van der Waals surface area contributed by atoms with Gasteiger partial charge in [0.25, 0.3) is 0 Å². The van der Waals surface area contributed by atoms with Crippen LogP contribution in [-0.2, 0) is 19.2 Å². The van der Waals surface area contributed by atoms with Crippen LogP contribution in [0.5, 0.6) is 0 Å². The highest BCUT2D eigenvalue weighted by Gasteiger charge is 2.20. The van der Waals surface area contributed by atoms with E-state index in [1.165, 1.54) is 0 Å². The molecular weight excluding hydrogens is 404 g/mol. The molecule has 0 bridgehead atoms. The molecule has 2 amide bonds. The van der Waals surface area contributed by atoms with Gasteiger partial charge in [-0.15, -0.1) is 0 Å². The molecule has 0 atom stereocenters. The van der Waals surface area contributed by atoms with Gasteiger partial charge >= 0.3 is 0 Å². The van der Waals surface area contributed by atoms with Gasteiger partial charge < -0.3 is 10.6 Å². The van der Waals surface area contributed by atoms with Crippen LogP contribution in [0.15, 0.2) is 0 Å². The van der Waals surface area contributed by atoms with Gasteiger partial charge in [0.2, 0.25) is 11.8 Å². The Balaban J connectivity index is 3.44. The zero-order chi connectivity index (χ0) is 24.4. The van der Waals surface area contributed by atoms with E-state index < -0.39 is 0 Å². The summed E-state index contributed by atoms with van der Waals surface area (Å²) in [5.74, 6) is 0.764. The summed E-state index contributed by atoms with van der Waals surface area (Å²) in [5.41, 5.74) is -0.288. The van der Waals surface area contributed by atoms with Gasteiger partial charge in [0, 0.05) is 50.1 Å². The van der Waals surface area contributed by atoms with Crippen LogP contribution in [0.25, 0.3) is 0 Å². The first-order chi connectivity index (χ1) is 15.0. The number of nitrogens with one attached hydrogen (secondary N) is 2. The van der Waals surface area contributed by atoms with E-state index in [0.29, 0.717) is 38.8 Å². The summed E-state index contributed by atoms with van der Waals surface area (Å²) < 4.78 is 0. The molecule has 0 heterocycles. The van der Waals surface area contributed by atoms with Crippen molar-refractivity contribution >= 4 is 23.4 Å². The summed E-state index contributed by atoms with van der Waals surface area (Å²) in [6.07, 6.45) is 10.4. The number of rotatable bonds is 19. The number of carbonyl (C=O) groups excluding carboxylic acids is 4. The number of carbonyl (C=O) groups is 4. The molecule has 0 aromatic rings. The van der Waals surface area contributed by atoms with Gasteiger partial charge in [-0.2, -0.15) is 0 Å². The second kappa shape index (κ2) is 17.8. The van der Waals surface area contributed by atoms with E-state index in [9.17, 15) is 19.2 Å². The van der Waals surface area contributed by atoms with E-state index >= 15 is 0 Å². The molecule has 0 aliphatic heterocycles. The minimum Gasteiger partial charge on any atom is -0.356 e. The van der Waals surface area contributed by atoms with Crippen LogP contribution in [-0.4, -0.2) is 36.5 Å². The Labute approximate surface area is 196 Å². The molecule has 0 fully saturated rings. The monoisotopic (exact) mass is 452 g/mol. The minimum atomic E-state index is -0.288. The van der Waals surface area contributed by atoms with Gasteiger partial charge in [-0.05, 0) is 38.5 Å². The standard InChI is InChI=1S/C26H48N2O4/c1-21(2)22(29)15-9-11-17-24(31)27-19-13-7-6-8-14-20-28-25(32)18-12-10-16-23(30)26(3,4)5/h21H,6-20H2,1-5H3,(H,27,31)(H,28,32). The van der Waals surface area contributed by atoms with Gasteiger partial charge in [0.05, 0.1) is 0 Å². The van der Waals surface area contributed by atoms with Crippen molar-refractivity contribution in [2.24, 2.45) is 11.3 Å². The SMILES string of the molecule is CC(C)C(=O)CCCCC(=O)NCCCCCCCNC(=O)CCCCC(=O)C(C)(C)C. The van der Waals surface area contributed by atoms with Crippen LogP contribution in [0.2, 0.25) is 0 Å². The van der Waals surface area contributed by atoms with Crippen molar-refractivity contribution in [2.45, 2.75) is 118 Å². The number of Topliss-reactive ketones (excluding diaryl/α,β-unsaturated/α-hetero) is 2. The molecule has 0 aromatic heterocycles. The Bertz CT molecular complexity index is 565. The molecule has 0 saturated carbocycles. The average molecular weight is 453 g/mol. The molecule has 186 valence electrons. The lowest BCUT2D eigenvalue weighted by Crippen LogP contribution is -2.24. The van der Waals surface area contributed by atoms with Crippen molar-refractivity contribution in [2.75, 3.05) is 13.1 Å². The Morgan fingerprint density at radius 2 is 1.00 bits per heavy atom. The second-order valence-electron chi connectivity index (χ2n) is 10.2. The van der Waals surface area contributed by atoms with Crippen LogP contribution in [0.1, 0.15) is 118 Å². The Morgan fingerprint density at radius 3 is 1.44 bits per heavy atom. The van der Waals surface area contributed by atoms with E-state index in [4.69, 9.17) is 0 Å². The second-order valence-corrected chi connectivity index (χ2v) is 10.2. The molecule has 6 heteroatoms. The fourth-order valence-corrected chi connectivity index (χ4v) is 3.23. The summed E-state index contributed by atoms with van der Waals surface area (Å²) in [5, 5.41) is 5.90. The predicted octanol–water partition coefficient (Wildman–Crippen LogP) is 5.13. The molecule has 0 aliphatic rings. The van der Waals surface area contributed by atoms with Crippen LogP contribution in [0, 0.1) is 11.3 Å². The van der Waals surface area contributed by atoms with Crippen molar-refractivity contribution in [3.63, 3.8) is 0 Å². The molecule has 0 unspecified atom stereocenters. The Hall–Kier alpha value is -1.72. The molecule has 0 aliphatic carbocycles. The predicted molar refractivity (Wildman–Crippen MR) is 130 cm³/mol. The van der Waals surface area contributed by atoms with Gasteiger partial charge in [-0.3, -0.25) is 19.2 Å².